The summed E-state index contributed by atoms with van der Waals surface area (Å²) in [6.07, 6.45) is 3.72. The summed E-state index contributed by atoms with van der Waals surface area (Å²) in [5, 5.41) is 6.24. The van der Waals surface area contributed by atoms with Gasteiger partial charge in [-0.2, -0.15) is 26.7 Å². The molecule has 1 amide bonds. The number of anilines is 1. The van der Waals surface area contributed by atoms with E-state index < -0.39 is 24.4 Å². The number of rotatable bonds is 9. The number of nitrogens with zero attached hydrogens (tertiary/aromatic N) is 6. The smallest absolute Gasteiger partial charge is 0.369 e. The van der Waals surface area contributed by atoms with Gasteiger partial charge in [0.1, 0.15) is 18.0 Å². The van der Waals surface area contributed by atoms with Gasteiger partial charge in [0.05, 0.1) is 29.5 Å². The number of nitrogens with one attached hydrogen (secondary N) is 2. The van der Waals surface area contributed by atoms with Crippen LogP contribution in [0.3, 0.4) is 0 Å². The van der Waals surface area contributed by atoms with E-state index in [-0.39, 0.29) is 30.9 Å². The zero-order valence-electron chi connectivity index (χ0n) is 24.3. The van der Waals surface area contributed by atoms with Gasteiger partial charge in [0.25, 0.3) is 5.91 Å². The zero-order valence-corrected chi connectivity index (χ0v) is 25.3. The van der Waals surface area contributed by atoms with E-state index in [0.29, 0.717) is 72.7 Å². The second-order valence-corrected chi connectivity index (χ2v) is 10.8. The third kappa shape index (κ3) is 7.97. The number of piperidine rings is 1. The standard InChI is InChI=1S/C30H32F4N8O.H2S/c1-18(21-4-3-5-22-27(29(43)35-2)23(31)15-39-28(21)22)12-36-26-11-24(40-17-41-26)20-13-37-25(38-14-20)10-19-6-8-42(9-7-19)16-30(32,33)34;/h3-5,11,13-15,17-19H,6-10,12,16H2,1-2H3,(H,35,43)(H,36,40,41);1H2/t18-;/m1./s1. The van der Waals surface area contributed by atoms with Gasteiger partial charge in [-0.1, -0.05) is 25.1 Å². The summed E-state index contributed by atoms with van der Waals surface area (Å²) in [7, 11) is 1.46. The summed E-state index contributed by atoms with van der Waals surface area (Å²) in [6, 6.07) is 7.17. The van der Waals surface area contributed by atoms with Crippen LogP contribution in [-0.4, -0.2) is 75.1 Å². The normalized spacial score (nSPS) is 15.0. The summed E-state index contributed by atoms with van der Waals surface area (Å²) in [5.74, 6) is 0.257. The Bertz CT molecular complexity index is 1580. The lowest BCUT2D eigenvalue weighted by atomic mass is 9.93. The van der Waals surface area contributed by atoms with Gasteiger partial charge in [-0.3, -0.25) is 14.7 Å². The quantitative estimate of drug-likeness (QED) is 0.245. The van der Waals surface area contributed by atoms with Crippen LogP contribution in [0.1, 0.15) is 47.4 Å². The van der Waals surface area contributed by atoms with Crippen LogP contribution in [0.4, 0.5) is 23.4 Å². The summed E-state index contributed by atoms with van der Waals surface area (Å²) < 4.78 is 52.4. The Hall–Kier alpha value is -3.91. The highest BCUT2D eigenvalue weighted by Crippen LogP contribution is 2.29. The van der Waals surface area contributed by atoms with Crippen molar-refractivity contribution >= 4 is 36.1 Å². The van der Waals surface area contributed by atoms with Crippen molar-refractivity contribution in [3.8, 4) is 11.3 Å². The molecule has 0 aliphatic carbocycles. The zero-order chi connectivity index (χ0) is 30.6. The lowest BCUT2D eigenvalue weighted by molar-refractivity contribution is -0.148. The van der Waals surface area contributed by atoms with Crippen LogP contribution in [0.25, 0.3) is 22.2 Å². The third-order valence-corrected chi connectivity index (χ3v) is 7.71. The highest BCUT2D eigenvalue weighted by Gasteiger charge is 2.32. The van der Waals surface area contributed by atoms with E-state index in [0.717, 1.165) is 11.8 Å². The maximum Gasteiger partial charge on any atom is 0.401 e. The van der Waals surface area contributed by atoms with Crippen molar-refractivity contribution in [3.63, 3.8) is 0 Å². The average Bonchev–Trinajstić information content (AvgIpc) is 3.00. The summed E-state index contributed by atoms with van der Waals surface area (Å²) in [5.41, 5.74) is 2.73. The Morgan fingerprint density at radius 1 is 1.07 bits per heavy atom. The van der Waals surface area contributed by atoms with Crippen LogP contribution in [-0.2, 0) is 6.42 Å². The van der Waals surface area contributed by atoms with E-state index in [1.54, 1.807) is 30.6 Å². The van der Waals surface area contributed by atoms with Crippen LogP contribution in [0, 0.1) is 11.7 Å². The minimum absolute atomic E-state index is 0. The molecule has 44 heavy (non-hydrogen) atoms. The van der Waals surface area contributed by atoms with Crippen LogP contribution >= 0.6 is 13.5 Å². The lowest BCUT2D eigenvalue weighted by Gasteiger charge is -2.32. The first-order valence-electron chi connectivity index (χ1n) is 14.1. The fourth-order valence-electron chi connectivity index (χ4n) is 5.41. The molecule has 1 aromatic carbocycles. The van der Waals surface area contributed by atoms with Crippen molar-refractivity contribution < 1.29 is 22.4 Å². The van der Waals surface area contributed by atoms with Gasteiger partial charge < -0.3 is 10.6 Å². The van der Waals surface area contributed by atoms with Gasteiger partial charge in [0, 0.05) is 55.3 Å². The number of halogens is 4. The number of amides is 1. The molecule has 1 atom stereocenters. The van der Waals surface area contributed by atoms with Crippen molar-refractivity contribution in [1.29, 1.82) is 0 Å². The molecule has 0 spiro atoms. The van der Waals surface area contributed by atoms with Crippen LogP contribution in [0.5, 0.6) is 0 Å². The number of alkyl halides is 3. The maximum absolute atomic E-state index is 14.4. The van der Waals surface area contributed by atoms with Gasteiger partial charge in [-0.15, -0.1) is 0 Å². The molecule has 14 heteroatoms. The molecule has 1 aliphatic rings. The molecule has 0 saturated carbocycles. The molecule has 2 N–H and O–H groups in total. The summed E-state index contributed by atoms with van der Waals surface area (Å²) >= 11 is 0. The van der Waals surface area contributed by atoms with Crippen molar-refractivity contribution in [2.45, 2.75) is 38.3 Å². The van der Waals surface area contributed by atoms with Crippen LogP contribution < -0.4 is 10.6 Å². The molecule has 5 rings (SSSR count). The van der Waals surface area contributed by atoms with Gasteiger partial charge in [-0.05, 0) is 37.4 Å². The second-order valence-electron chi connectivity index (χ2n) is 10.8. The van der Waals surface area contributed by atoms with E-state index in [2.05, 4.69) is 35.6 Å². The second kappa shape index (κ2) is 14.2. The van der Waals surface area contributed by atoms with E-state index in [9.17, 15) is 22.4 Å². The first kappa shape index (κ1) is 33.0. The number of carbonyl (C=O) groups is 1. The minimum Gasteiger partial charge on any atom is -0.369 e. The van der Waals surface area contributed by atoms with Crippen molar-refractivity contribution in [2.75, 3.05) is 38.5 Å². The Balaban J connectivity index is 0.00000442. The molecule has 0 unspecified atom stereocenters. The van der Waals surface area contributed by atoms with Gasteiger partial charge in [0.15, 0.2) is 5.82 Å². The largest absolute Gasteiger partial charge is 0.401 e. The molecule has 1 fully saturated rings. The SMILES string of the molecule is CNC(=O)c1c(F)cnc2c([C@H](C)CNc3cc(-c4cnc(CC5CCN(CC(F)(F)F)CC5)nc4)ncn3)cccc12.S. The molecule has 4 aromatic rings. The number of carbonyl (C=O) groups excluding carboxylic acids is 1. The Morgan fingerprint density at radius 2 is 1.80 bits per heavy atom. The topological polar surface area (TPSA) is 109 Å². The number of para-hydroxylation sites is 1. The highest BCUT2D eigenvalue weighted by atomic mass is 32.1. The molecule has 4 heterocycles. The molecule has 1 aliphatic heterocycles. The van der Waals surface area contributed by atoms with Crippen molar-refractivity contribution in [3.05, 3.63) is 72.0 Å². The molecule has 0 radical (unpaired) electrons. The number of pyridine rings is 1. The van der Waals surface area contributed by atoms with Gasteiger partial charge >= 0.3 is 6.18 Å². The number of likely N-dealkylation sites (tertiary alicyclic amines) is 1. The van der Waals surface area contributed by atoms with Crippen molar-refractivity contribution in [2.24, 2.45) is 5.92 Å². The van der Waals surface area contributed by atoms with Gasteiger partial charge in [-0.25, -0.2) is 24.3 Å². The highest BCUT2D eigenvalue weighted by molar-refractivity contribution is 7.59. The number of fused-ring (bicyclic) bond motifs is 1. The van der Waals surface area contributed by atoms with Gasteiger partial charge in [0.2, 0.25) is 0 Å². The summed E-state index contributed by atoms with van der Waals surface area (Å²) in [4.78, 5) is 35.7. The Morgan fingerprint density at radius 3 is 2.48 bits per heavy atom. The number of benzene rings is 1. The first-order valence-corrected chi connectivity index (χ1v) is 14.1. The molecule has 3 aromatic heterocycles. The molecule has 9 nitrogen and oxygen atoms in total. The number of hydrogen-bond donors (Lipinski definition) is 2. The van der Waals surface area contributed by atoms with Crippen molar-refractivity contribution in [1.82, 2.24) is 35.1 Å². The van der Waals surface area contributed by atoms with E-state index >= 15 is 0 Å². The Labute approximate surface area is 259 Å². The Kier molecular flexibility index (Phi) is 10.7. The van der Waals surface area contributed by atoms with E-state index in [1.807, 2.05) is 13.0 Å². The minimum atomic E-state index is -4.17. The molecule has 1 saturated heterocycles. The predicted molar refractivity (Wildman–Crippen MR) is 164 cm³/mol. The summed E-state index contributed by atoms with van der Waals surface area (Å²) in [6.45, 7) is 2.47. The van der Waals surface area contributed by atoms with E-state index in [1.165, 1.54) is 18.3 Å². The lowest BCUT2D eigenvalue weighted by Crippen LogP contribution is -2.40. The molecule has 0 bridgehead atoms. The monoisotopic (exact) mass is 630 g/mol. The fourth-order valence-corrected chi connectivity index (χ4v) is 5.41. The fraction of sp³-hybridized carbons (Fsp3) is 0.400. The molecular formula is C30H34F4N8OS. The first-order chi connectivity index (χ1) is 20.6. The van der Waals surface area contributed by atoms with Crippen LogP contribution in [0.15, 0.2) is 49.2 Å². The molecule has 234 valence electrons. The predicted octanol–water partition coefficient (Wildman–Crippen LogP) is 5.13. The molecular weight excluding hydrogens is 596 g/mol. The number of aromatic nitrogens is 5. The third-order valence-electron chi connectivity index (χ3n) is 7.71. The number of hydrogen-bond acceptors (Lipinski definition) is 8. The maximum atomic E-state index is 14.4. The van der Waals surface area contributed by atoms with Crippen LogP contribution in [0.2, 0.25) is 0 Å². The average molecular weight is 631 g/mol. The van der Waals surface area contributed by atoms with E-state index in [4.69, 9.17) is 0 Å².